The number of pyridine rings is 1. The number of ether oxygens (including phenoxy) is 1. The zero-order valence-corrected chi connectivity index (χ0v) is 13.5. The Balaban J connectivity index is 1.83. The van der Waals surface area contributed by atoms with Gasteiger partial charge in [-0.25, -0.2) is 4.39 Å². The van der Waals surface area contributed by atoms with E-state index in [4.69, 9.17) is 4.74 Å². The number of hydrogen-bond acceptors (Lipinski definition) is 4. The number of H-pyrrole nitrogens is 1. The number of halogens is 1. The van der Waals surface area contributed by atoms with Gasteiger partial charge in [0, 0.05) is 42.1 Å². The van der Waals surface area contributed by atoms with Crippen molar-refractivity contribution >= 4 is 16.6 Å². The Morgan fingerprint density at radius 3 is 2.64 bits per heavy atom. The normalized spacial score (nSPS) is 10.8. The molecule has 0 radical (unpaired) electrons. The third-order valence-electron chi connectivity index (χ3n) is 3.97. The molecule has 0 atom stereocenters. The first-order valence-electron chi connectivity index (χ1n) is 7.77. The molecule has 25 heavy (non-hydrogen) atoms. The zero-order valence-electron chi connectivity index (χ0n) is 13.5. The summed E-state index contributed by atoms with van der Waals surface area (Å²) in [6.45, 7) is 0. The van der Waals surface area contributed by atoms with Gasteiger partial charge in [-0.2, -0.15) is 5.10 Å². The molecule has 6 heteroatoms. The summed E-state index contributed by atoms with van der Waals surface area (Å²) >= 11 is 0. The average molecular weight is 334 g/mol. The Hall–Kier alpha value is -3.41. The van der Waals surface area contributed by atoms with E-state index >= 15 is 0 Å². The van der Waals surface area contributed by atoms with Gasteiger partial charge < -0.3 is 10.1 Å². The maximum atomic E-state index is 14.3. The molecule has 5 nitrogen and oxygen atoms in total. The van der Waals surface area contributed by atoms with Crippen molar-refractivity contribution < 1.29 is 9.13 Å². The molecule has 4 rings (SSSR count). The Morgan fingerprint density at radius 2 is 1.88 bits per heavy atom. The Kier molecular flexibility index (Phi) is 3.78. The van der Waals surface area contributed by atoms with Crippen molar-refractivity contribution in [1.82, 2.24) is 15.2 Å². The second kappa shape index (κ2) is 6.24. The van der Waals surface area contributed by atoms with Crippen LogP contribution in [0, 0.1) is 5.82 Å². The summed E-state index contributed by atoms with van der Waals surface area (Å²) in [7, 11) is 1.74. The minimum atomic E-state index is -0.431. The summed E-state index contributed by atoms with van der Waals surface area (Å²) in [5.74, 6) is 0.285. The molecule has 0 bridgehead atoms. The predicted octanol–water partition coefficient (Wildman–Crippen LogP) is 4.60. The quantitative estimate of drug-likeness (QED) is 0.572. The minimum absolute atomic E-state index is 0.164. The van der Waals surface area contributed by atoms with E-state index in [1.165, 1.54) is 6.07 Å². The minimum Gasteiger partial charge on any atom is -0.454 e. The number of aromatic nitrogens is 3. The van der Waals surface area contributed by atoms with E-state index in [0.717, 1.165) is 22.0 Å². The van der Waals surface area contributed by atoms with Crippen LogP contribution in [-0.2, 0) is 0 Å². The summed E-state index contributed by atoms with van der Waals surface area (Å²) in [5, 5.41) is 10.8. The van der Waals surface area contributed by atoms with E-state index < -0.39 is 5.82 Å². The first kappa shape index (κ1) is 15.1. The van der Waals surface area contributed by atoms with Crippen LogP contribution in [0.4, 0.5) is 10.1 Å². The van der Waals surface area contributed by atoms with Gasteiger partial charge in [-0.3, -0.25) is 10.1 Å². The molecule has 0 fully saturated rings. The number of anilines is 1. The molecule has 2 aromatic heterocycles. The molecule has 124 valence electrons. The van der Waals surface area contributed by atoms with Crippen molar-refractivity contribution in [1.29, 1.82) is 0 Å². The van der Waals surface area contributed by atoms with Crippen LogP contribution in [-0.4, -0.2) is 22.2 Å². The summed E-state index contributed by atoms with van der Waals surface area (Å²) in [5.41, 5.74) is 3.32. The number of hydrogen-bond donors (Lipinski definition) is 2. The van der Waals surface area contributed by atoms with E-state index in [2.05, 4.69) is 20.5 Å². The van der Waals surface area contributed by atoms with Gasteiger partial charge in [0.2, 0.25) is 0 Å². The summed E-state index contributed by atoms with van der Waals surface area (Å²) in [6, 6.07) is 12.3. The molecule has 4 aromatic rings. The van der Waals surface area contributed by atoms with Crippen molar-refractivity contribution in [2.45, 2.75) is 0 Å². The van der Waals surface area contributed by atoms with Crippen LogP contribution in [0.3, 0.4) is 0 Å². The van der Waals surface area contributed by atoms with Crippen LogP contribution in [0.15, 0.2) is 61.1 Å². The van der Waals surface area contributed by atoms with Gasteiger partial charge in [0.05, 0.1) is 11.7 Å². The highest BCUT2D eigenvalue weighted by Crippen LogP contribution is 2.37. The number of nitrogens with zero attached hydrogens (tertiary/aromatic N) is 2. The molecule has 0 saturated heterocycles. The SMILES string of the molecule is CNc1ccc(Oc2cc3cn[nH]c3cc2-c2ccncc2)c(F)c1. The van der Waals surface area contributed by atoms with Crippen molar-refractivity contribution in [2.24, 2.45) is 0 Å². The lowest BCUT2D eigenvalue weighted by Gasteiger charge is -2.13. The maximum absolute atomic E-state index is 14.3. The van der Waals surface area contributed by atoms with Gasteiger partial charge in [0.25, 0.3) is 0 Å². The highest BCUT2D eigenvalue weighted by molar-refractivity contribution is 5.88. The Morgan fingerprint density at radius 1 is 1.04 bits per heavy atom. The van der Waals surface area contributed by atoms with Gasteiger partial charge in [-0.15, -0.1) is 0 Å². The van der Waals surface area contributed by atoms with E-state index in [1.807, 2.05) is 24.3 Å². The molecule has 0 aliphatic rings. The van der Waals surface area contributed by atoms with Gasteiger partial charge in [0.1, 0.15) is 5.75 Å². The lowest BCUT2D eigenvalue weighted by molar-refractivity contribution is 0.444. The second-order valence-corrected chi connectivity index (χ2v) is 5.54. The van der Waals surface area contributed by atoms with E-state index in [1.54, 1.807) is 37.8 Å². The number of benzene rings is 2. The molecule has 0 unspecified atom stereocenters. The van der Waals surface area contributed by atoms with Crippen LogP contribution >= 0.6 is 0 Å². The second-order valence-electron chi connectivity index (χ2n) is 5.54. The monoisotopic (exact) mass is 334 g/mol. The fourth-order valence-electron chi connectivity index (χ4n) is 2.67. The Labute approximate surface area is 143 Å². The van der Waals surface area contributed by atoms with Gasteiger partial charge in [-0.1, -0.05) is 0 Å². The van der Waals surface area contributed by atoms with Crippen LogP contribution in [0.1, 0.15) is 0 Å². The molecular formula is C19H15FN4O. The highest BCUT2D eigenvalue weighted by atomic mass is 19.1. The summed E-state index contributed by atoms with van der Waals surface area (Å²) in [6.07, 6.45) is 5.12. The molecule has 2 aromatic carbocycles. The third kappa shape index (κ3) is 2.89. The summed E-state index contributed by atoms with van der Waals surface area (Å²) in [4.78, 5) is 4.04. The topological polar surface area (TPSA) is 62.8 Å². The molecule has 0 aliphatic carbocycles. The van der Waals surface area contributed by atoms with Crippen molar-refractivity contribution in [3.8, 4) is 22.6 Å². The van der Waals surface area contributed by atoms with Crippen LogP contribution in [0.2, 0.25) is 0 Å². The van der Waals surface area contributed by atoms with Gasteiger partial charge in [0.15, 0.2) is 11.6 Å². The van der Waals surface area contributed by atoms with Crippen molar-refractivity contribution in [3.63, 3.8) is 0 Å². The van der Waals surface area contributed by atoms with E-state index in [-0.39, 0.29) is 5.75 Å². The van der Waals surface area contributed by atoms with Gasteiger partial charge in [-0.05, 0) is 42.0 Å². The van der Waals surface area contributed by atoms with Crippen molar-refractivity contribution in [2.75, 3.05) is 12.4 Å². The molecule has 0 aliphatic heterocycles. The first-order valence-corrected chi connectivity index (χ1v) is 7.77. The highest BCUT2D eigenvalue weighted by Gasteiger charge is 2.13. The van der Waals surface area contributed by atoms with Crippen LogP contribution in [0.5, 0.6) is 11.5 Å². The summed E-state index contributed by atoms with van der Waals surface area (Å²) < 4.78 is 20.2. The maximum Gasteiger partial charge on any atom is 0.167 e. The third-order valence-corrected chi connectivity index (χ3v) is 3.97. The molecule has 0 saturated carbocycles. The molecule has 2 N–H and O–H groups in total. The zero-order chi connectivity index (χ0) is 17.2. The van der Waals surface area contributed by atoms with E-state index in [9.17, 15) is 4.39 Å². The predicted molar refractivity (Wildman–Crippen MR) is 95.3 cm³/mol. The van der Waals surface area contributed by atoms with E-state index in [0.29, 0.717) is 11.4 Å². The largest absolute Gasteiger partial charge is 0.454 e. The molecule has 2 heterocycles. The number of fused-ring (bicyclic) bond motifs is 1. The lowest BCUT2D eigenvalue weighted by Crippen LogP contribution is -1.94. The molecular weight excluding hydrogens is 319 g/mol. The number of nitrogens with one attached hydrogen (secondary N) is 2. The van der Waals surface area contributed by atoms with Gasteiger partial charge >= 0.3 is 0 Å². The molecule has 0 amide bonds. The van der Waals surface area contributed by atoms with Crippen LogP contribution in [0.25, 0.3) is 22.0 Å². The van der Waals surface area contributed by atoms with Crippen LogP contribution < -0.4 is 10.1 Å². The average Bonchev–Trinajstić information content (AvgIpc) is 3.11. The number of rotatable bonds is 4. The standard InChI is InChI=1S/C19H15FN4O/c1-21-14-2-3-18(16(20)9-14)25-19-8-13-11-23-24-17(13)10-15(19)12-4-6-22-7-5-12/h2-11,21H,1H3,(H,23,24). The number of aromatic amines is 1. The first-order chi connectivity index (χ1) is 12.2. The van der Waals surface area contributed by atoms with Crippen molar-refractivity contribution in [3.05, 3.63) is 66.9 Å². The lowest BCUT2D eigenvalue weighted by atomic mass is 10.0. The smallest absolute Gasteiger partial charge is 0.167 e. The fraction of sp³-hybridized carbons (Fsp3) is 0.0526. The molecule has 0 spiro atoms. The fourth-order valence-corrected chi connectivity index (χ4v) is 2.67. The Bertz CT molecular complexity index is 1030.